The maximum absolute atomic E-state index is 12.9. The Hall–Kier alpha value is -3.81. The van der Waals surface area contributed by atoms with Crippen LogP contribution in [0.5, 0.6) is 11.5 Å². The smallest absolute Gasteiger partial charge is 0.413 e. The van der Waals surface area contributed by atoms with Gasteiger partial charge in [0, 0.05) is 36.0 Å². The van der Waals surface area contributed by atoms with Crippen LogP contribution in [0.25, 0.3) is 22.2 Å². The number of amides is 1. The molecule has 1 fully saturated rings. The summed E-state index contributed by atoms with van der Waals surface area (Å²) < 4.78 is 17.1. The van der Waals surface area contributed by atoms with Gasteiger partial charge in [-0.2, -0.15) is 0 Å². The van der Waals surface area contributed by atoms with Crippen molar-refractivity contribution in [1.29, 1.82) is 0 Å². The Balaban J connectivity index is 1.84. The second kappa shape index (κ2) is 8.85. The van der Waals surface area contributed by atoms with Gasteiger partial charge in [-0.3, -0.25) is 4.90 Å². The lowest BCUT2D eigenvalue weighted by Gasteiger charge is -2.36. The van der Waals surface area contributed by atoms with Crippen molar-refractivity contribution >= 4 is 23.0 Å². The summed E-state index contributed by atoms with van der Waals surface area (Å²) in [6.07, 6.45) is -0.133. The van der Waals surface area contributed by atoms with E-state index in [2.05, 4.69) is 0 Å². The van der Waals surface area contributed by atoms with Gasteiger partial charge >= 0.3 is 12.1 Å². The predicted molar refractivity (Wildman–Crippen MR) is 127 cm³/mol. The molecule has 2 aromatic carbocycles. The zero-order valence-electron chi connectivity index (χ0n) is 19.7. The van der Waals surface area contributed by atoms with Gasteiger partial charge < -0.3 is 19.3 Å². The van der Waals surface area contributed by atoms with Crippen LogP contribution in [0, 0.1) is 0 Å². The number of benzene rings is 2. The van der Waals surface area contributed by atoms with Gasteiger partial charge in [0.1, 0.15) is 17.1 Å². The Morgan fingerprint density at radius 3 is 2.47 bits per heavy atom. The third-order valence-corrected chi connectivity index (χ3v) is 5.61. The molecule has 1 aliphatic heterocycles. The molecule has 3 aromatic rings. The SMILES string of the molecule is COc1ccc2c(OC3(C(=O)O)CCCN3C(=O)OC(C)(C)C)cc(-c3ccccc3)nc2c1. The number of likely N-dealkylation sites (tertiary alicyclic amines) is 1. The normalized spacial score (nSPS) is 18.1. The number of carboxylic acids is 1. The largest absolute Gasteiger partial charge is 0.497 e. The fourth-order valence-electron chi connectivity index (χ4n) is 4.05. The first-order valence-electron chi connectivity index (χ1n) is 11.1. The van der Waals surface area contributed by atoms with Crippen molar-refractivity contribution < 1.29 is 28.9 Å². The summed E-state index contributed by atoms with van der Waals surface area (Å²) in [5.74, 6) is -0.333. The van der Waals surface area contributed by atoms with Gasteiger partial charge in [0.05, 0.1) is 18.3 Å². The number of ether oxygens (including phenoxy) is 3. The van der Waals surface area contributed by atoms with E-state index in [4.69, 9.17) is 19.2 Å². The first kappa shape index (κ1) is 23.4. The molecule has 2 heterocycles. The summed E-state index contributed by atoms with van der Waals surface area (Å²) in [5.41, 5.74) is -0.636. The highest BCUT2D eigenvalue weighted by Crippen LogP contribution is 2.39. The van der Waals surface area contributed by atoms with E-state index in [-0.39, 0.29) is 13.0 Å². The number of carbonyl (C=O) groups excluding carboxylic acids is 1. The molecular formula is C26H28N2O6. The van der Waals surface area contributed by atoms with E-state index < -0.39 is 23.4 Å². The average Bonchev–Trinajstić information content (AvgIpc) is 3.23. The number of hydrogen-bond donors (Lipinski definition) is 1. The Bertz CT molecular complexity index is 1220. The predicted octanol–water partition coefficient (Wildman–Crippen LogP) is 5.10. The maximum Gasteiger partial charge on any atom is 0.413 e. The molecule has 0 bridgehead atoms. The summed E-state index contributed by atoms with van der Waals surface area (Å²) in [7, 11) is 1.57. The minimum absolute atomic E-state index is 0.127. The molecule has 34 heavy (non-hydrogen) atoms. The monoisotopic (exact) mass is 464 g/mol. The van der Waals surface area contributed by atoms with Gasteiger partial charge in [-0.1, -0.05) is 30.3 Å². The van der Waals surface area contributed by atoms with E-state index >= 15 is 0 Å². The van der Waals surface area contributed by atoms with E-state index in [0.717, 1.165) is 5.56 Å². The summed E-state index contributed by atoms with van der Waals surface area (Å²) in [5, 5.41) is 10.9. The van der Waals surface area contributed by atoms with Gasteiger partial charge in [0.15, 0.2) is 0 Å². The Kier molecular flexibility index (Phi) is 6.08. The van der Waals surface area contributed by atoms with E-state index in [1.165, 1.54) is 4.90 Å². The second-order valence-corrected chi connectivity index (χ2v) is 9.18. The van der Waals surface area contributed by atoms with Crippen LogP contribution < -0.4 is 9.47 Å². The number of fused-ring (bicyclic) bond motifs is 1. The maximum atomic E-state index is 12.9. The van der Waals surface area contributed by atoms with Gasteiger partial charge in [-0.05, 0) is 39.3 Å². The lowest BCUT2D eigenvalue weighted by atomic mass is 10.1. The number of pyridine rings is 1. The highest BCUT2D eigenvalue weighted by molar-refractivity contribution is 5.90. The first-order valence-corrected chi connectivity index (χ1v) is 11.1. The molecule has 4 rings (SSSR count). The molecule has 8 nitrogen and oxygen atoms in total. The zero-order valence-corrected chi connectivity index (χ0v) is 19.7. The van der Waals surface area contributed by atoms with Gasteiger partial charge in [0.2, 0.25) is 0 Å². The topological polar surface area (TPSA) is 98.2 Å². The van der Waals surface area contributed by atoms with Crippen molar-refractivity contribution in [3.8, 4) is 22.8 Å². The summed E-state index contributed by atoms with van der Waals surface area (Å²) in [6.45, 7) is 5.42. The molecule has 0 aliphatic carbocycles. The molecule has 8 heteroatoms. The zero-order chi connectivity index (χ0) is 24.5. The Labute approximate surface area is 198 Å². The summed E-state index contributed by atoms with van der Waals surface area (Å²) >= 11 is 0. The quantitative estimate of drug-likeness (QED) is 0.561. The molecule has 1 aromatic heterocycles. The fraction of sp³-hybridized carbons (Fsp3) is 0.346. The standard InChI is InChI=1S/C26H28N2O6/c1-25(2,3)34-24(31)28-14-8-13-26(28,23(29)30)33-22-16-20(17-9-6-5-7-10-17)27-21-15-18(32-4)11-12-19(21)22/h5-7,9-12,15-16H,8,13-14H2,1-4H3,(H,29,30). The number of hydrogen-bond acceptors (Lipinski definition) is 6. The summed E-state index contributed by atoms with van der Waals surface area (Å²) in [6, 6.07) is 16.5. The molecule has 1 unspecified atom stereocenters. The highest BCUT2D eigenvalue weighted by atomic mass is 16.6. The number of aromatic nitrogens is 1. The summed E-state index contributed by atoms with van der Waals surface area (Å²) in [4.78, 5) is 31.4. The molecular weight excluding hydrogens is 436 g/mol. The molecule has 1 saturated heterocycles. The van der Waals surface area contributed by atoms with Crippen LogP contribution in [0.15, 0.2) is 54.6 Å². The van der Waals surface area contributed by atoms with Crippen molar-refractivity contribution in [3.05, 3.63) is 54.6 Å². The van der Waals surface area contributed by atoms with Gasteiger partial charge in [0.25, 0.3) is 5.72 Å². The number of methoxy groups -OCH3 is 1. The van der Waals surface area contributed by atoms with Crippen LogP contribution in [0.3, 0.4) is 0 Å². The van der Waals surface area contributed by atoms with Crippen LogP contribution in [-0.4, -0.2) is 52.0 Å². The number of nitrogens with zero attached hydrogens (tertiary/aromatic N) is 2. The first-order chi connectivity index (χ1) is 16.1. The van der Waals surface area contributed by atoms with Crippen molar-refractivity contribution in [2.75, 3.05) is 13.7 Å². The minimum atomic E-state index is -1.90. The molecule has 0 spiro atoms. The minimum Gasteiger partial charge on any atom is -0.497 e. The van der Waals surface area contributed by atoms with Crippen LogP contribution >= 0.6 is 0 Å². The van der Waals surface area contributed by atoms with Crippen molar-refractivity contribution in [2.24, 2.45) is 0 Å². The van der Waals surface area contributed by atoms with E-state index in [0.29, 0.717) is 34.5 Å². The third-order valence-electron chi connectivity index (χ3n) is 5.61. The van der Waals surface area contributed by atoms with Crippen molar-refractivity contribution in [3.63, 3.8) is 0 Å². The molecule has 1 atom stereocenters. The highest BCUT2D eigenvalue weighted by Gasteiger charge is 2.54. The van der Waals surface area contributed by atoms with E-state index in [1.807, 2.05) is 30.3 Å². The van der Waals surface area contributed by atoms with Crippen LogP contribution in [-0.2, 0) is 9.53 Å². The Morgan fingerprint density at radius 2 is 1.82 bits per heavy atom. The molecule has 1 aliphatic rings. The number of carboxylic acid groups (broad SMARTS) is 1. The third kappa shape index (κ3) is 4.48. The molecule has 0 radical (unpaired) electrons. The van der Waals surface area contributed by atoms with Gasteiger partial charge in [-0.15, -0.1) is 0 Å². The van der Waals surface area contributed by atoms with Crippen LogP contribution in [0.1, 0.15) is 33.6 Å². The fourth-order valence-corrected chi connectivity index (χ4v) is 4.05. The number of aliphatic carboxylic acids is 1. The van der Waals surface area contributed by atoms with Crippen LogP contribution in [0.2, 0.25) is 0 Å². The Morgan fingerprint density at radius 1 is 1.09 bits per heavy atom. The lowest BCUT2D eigenvalue weighted by molar-refractivity contribution is -0.169. The van der Waals surface area contributed by atoms with E-state index in [1.54, 1.807) is 52.1 Å². The molecule has 178 valence electrons. The van der Waals surface area contributed by atoms with Gasteiger partial charge in [-0.25, -0.2) is 14.6 Å². The van der Waals surface area contributed by atoms with Crippen molar-refractivity contribution in [2.45, 2.75) is 44.9 Å². The number of rotatable bonds is 5. The average molecular weight is 465 g/mol. The lowest BCUT2D eigenvalue weighted by Crippen LogP contribution is -2.58. The second-order valence-electron chi connectivity index (χ2n) is 9.18. The van der Waals surface area contributed by atoms with E-state index in [9.17, 15) is 14.7 Å². The molecule has 1 amide bonds. The molecule has 1 N–H and O–H groups in total. The number of carbonyl (C=O) groups is 2. The molecule has 0 saturated carbocycles. The van der Waals surface area contributed by atoms with Crippen LogP contribution in [0.4, 0.5) is 4.79 Å². The van der Waals surface area contributed by atoms with Crippen molar-refractivity contribution in [1.82, 2.24) is 9.88 Å².